The van der Waals surface area contributed by atoms with Gasteiger partial charge in [0, 0.05) is 40.8 Å². The number of nitro benzene ring substituents is 2. The van der Waals surface area contributed by atoms with Gasteiger partial charge in [-0.3, -0.25) is 25.7 Å². The normalized spacial score (nSPS) is 10.8. The quantitative estimate of drug-likeness (QED) is 0.373. The second-order valence-corrected chi connectivity index (χ2v) is 6.07. The fraction of sp³-hybridized carbons (Fsp3) is 0. The maximum Gasteiger partial charge on any atom is 0.270 e. The minimum atomic E-state index is -0.568. The molecule has 10 nitrogen and oxygen atoms in total. The molecule has 0 aliphatic heterocycles. The van der Waals surface area contributed by atoms with Gasteiger partial charge in [0.1, 0.15) is 5.75 Å². The van der Waals surface area contributed by atoms with E-state index in [2.05, 4.69) is 15.5 Å². The number of non-ortho nitro benzene ring substituents is 2. The molecule has 0 fully saturated rings. The highest BCUT2D eigenvalue weighted by atomic mass is 32.1. The summed E-state index contributed by atoms with van der Waals surface area (Å²) in [7, 11) is 0. The zero-order valence-corrected chi connectivity index (χ0v) is 14.3. The topological polar surface area (TPSA) is 144 Å². The lowest BCUT2D eigenvalue weighted by atomic mass is 10.1. The van der Waals surface area contributed by atoms with E-state index < -0.39 is 9.85 Å². The van der Waals surface area contributed by atoms with Crippen LogP contribution in [-0.4, -0.2) is 26.2 Å². The molecule has 0 unspecified atom stereocenters. The molecule has 1 aromatic heterocycles. The number of aromatic hydroxyl groups is 1. The Morgan fingerprint density at radius 2 is 1.74 bits per heavy atom. The van der Waals surface area contributed by atoms with Crippen LogP contribution < -0.4 is 5.43 Å². The molecule has 0 bridgehead atoms. The molecule has 2 N–H and O–H groups in total. The van der Waals surface area contributed by atoms with Crippen LogP contribution >= 0.6 is 11.3 Å². The van der Waals surface area contributed by atoms with E-state index >= 15 is 0 Å². The Balaban J connectivity index is 1.71. The molecule has 3 rings (SSSR count). The fourth-order valence-electron chi connectivity index (χ4n) is 2.13. The predicted molar refractivity (Wildman–Crippen MR) is 100 cm³/mol. The van der Waals surface area contributed by atoms with Crippen molar-refractivity contribution in [1.29, 1.82) is 0 Å². The van der Waals surface area contributed by atoms with Crippen molar-refractivity contribution in [2.24, 2.45) is 5.10 Å². The van der Waals surface area contributed by atoms with E-state index in [9.17, 15) is 25.3 Å². The summed E-state index contributed by atoms with van der Waals surface area (Å²) in [6.07, 6.45) is 1.25. The first-order valence-electron chi connectivity index (χ1n) is 7.41. The van der Waals surface area contributed by atoms with Crippen LogP contribution in [0.25, 0.3) is 11.3 Å². The molecule has 1 heterocycles. The van der Waals surface area contributed by atoms with Crippen LogP contribution in [0.1, 0.15) is 5.56 Å². The van der Waals surface area contributed by atoms with E-state index in [4.69, 9.17) is 0 Å². The second-order valence-electron chi connectivity index (χ2n) is 5.21. The van der Waals surface area contributed by atoms with Gasteiger partial charge in [-0.2, -0.15) is 5.10 Å². The summed E-state index contributed by atoms with van der Waals surface area (Å²) in [5.74, 6) is -0.142. The molecule has 0 aliphatic carbocycles. The summed E-state index contributed by atoms with van der Waals surface area (Å²) in [5.41, 5.74) is 4.02. The predicted octanol–water partition coefficient (Wildman–Crippen LogP) is 3.78. The summed E-state index contributed by atoms with van der Waals surface area (Å²) < 4.78 is 0. The second kappa shape index (κ2) is 7.58. The summed E-state index contributed by atoms with van der Waals surface area (Å²) in [6, 6.07) is 9.59. The van der Waals surface area contributed by atoms with Gasteiger partial charge >= 0.3 is 0 Å². The molecule has 11 heteroatoms. The molecule has 0 spiro atoms. The molecule has 0 radical (unpaired) electrons. The molecule has 0 amide bonds. The van der Waals surface area contributed by atoms with Gasteiger partial charge in [-0.1, -0.05) is 0 Å². The van der Waals surface area contributed by atoms with Crippen molar-refractivity contribution in [2.45, 2.75) is 0 Å². The Labute approximate surface area is 155 Å². The highest BCUT2D eigenvalue weighted by molar-refractivity contribution is 7.14. The van der Waals surface area contributed by atoms with Crippen LogP contribution in [-0.2, 0) is 0 Å². The van der Waals surface area contributed by atoms with Gasteiger partial charge in [-0.05, 0) is 18.2 Å². The van der Waals surface area contributed by atoms with Gasteiger partial charge in [0.15, 0.2) is 0 Å². The molecule has 2 aromatic carbocycles. The van der Waals surface area contributed by atoms with Crippen molar-refractivity contribution in [2.75, 3.05) is 5.43 Å². The van der Waals surface area contributed by atoms with Crippen molar-refractivity contribution < 1.29 is 15.0 Å². The maximum atomic E-state index is 10.8. The minimum absolute atomic E-state index is 0.00584. The van der Waals surface area contributed by atoms with E-state index in [1.165, 1.54) is 47.9 Å². The van der Waals surface area contributed by atoms with Gasteiger partial charge < -0.3 is 5.11 Å². The number of nitrogens with zero attached hydrogens (tertiary/aromatic N) is 4. The van der Waals surface area contributed by atoms with E-state index in [1.807, 2.05) is 0 Å². The number of aromatic nitrogens is 1. The number of benzene rings is 2. The number of nitrogens with one attached hydrogen (secondary N) is 1. The number of anilines is 1. The lowest BCUT2D eigenvalue weighted by Crippen LogP contribution is -1.93. The molecule has 0 aliphatic rings. The number of phenolic OH excluding ortho intramolecular Hbond substituents is 1. The molecule has 0 saturated carbocycles. The average Bonchev–Trinajstić information content (AvgIpc) is 3.12. The maximum absolute atomic E-state index is 10.8. The first-order valence-corrected chi connectivity index (χ1v) is 8.29. The lowest BCUT2D eigenvalue weighted by Gasteiger charge is -1.99. The monoisotopic (exact) mass is 385 g/mol. The summed E-state index contributed by atoms with van der Waals surface area (Å²) >= 11 is 1.26. The van der Waals surface area contributed by atoms with E-state index in [0.717, 1.165) is 0 Å². The van der Waals surface area contributed by atoms with Gasteiger partial charge in [0.05, 0.1) is 21.8 Å². The minimum Gasteiger partial charge on any atom is -0.507 e. The van der Waals surface area contributed by atoms with Crippen LogP contribution in [0.15, 0.2) is 52.9 Å². The molecule has 27 heavy (non-hydrogen) atoms. The molecule has 136 valence electrons. The van der Waals surface area contributed by atoms with Crippen LogP contribution in [0.4, 0.5) is 16.5 Å². The van der Waals surface area contributed by atoms with E-state index in [0.29, 0.717) is 16.4 Å². The van der Waals surface area contributed by atoms with Crippen LogP contribution in [0.5, 0.6) is 5.75 Å². The highest BCUT2D eigenvalue weighted by Gasteiger charge is 2.10. The molecule has 3 aromatic rings. The number of rotatable bonds is 6. The zero-order valence-electron chi connectivity index (χ0n) is 13.5. The largest absolute Gasteiger partial charge is 0.507 e. The first-order chi connectivity index (χ1) is 12.9. The number of hydrogen-bond donors (Lipinski definition) is 2. The van der Waals surface area contributed by atoms with Crippen molar-refractivity contribution in [3.05, 3.63) is 73.6 Å². The van der Waals surface area contributed by atoms with Crippen molar-refractivity contribution in [1.82, 2.24) is 4.98 Å². The molecular weight excluding hydrogens is 374 g/mol. The third-order valence-electron chi connectivity index (χ3n) is 3.46. The van der Waals surface area contributed by atoms with E-state index in [-0.39, 0.29) is 22.7 Å². The average molecular weight is 385 g/mol. The summed E-state index contributed by atoms with van der Waals surface area (Å²) in [5, 5.41) is 37.3. The molecular formula is C16H11N5O5S. The van der Waals surface area contributed by atoms with Gasteiger partial charge in [-0.25, -0.2) is 4.98 Å². The number of hydrogen-bond acceptors (Lipinski definition) is 9. The van der Waals surface area contributed by atoms with Crippen LogP contribution in [0.3, 0.4) is 0 Å². The van der Waals surface area contributed by atoms with Gasteiger partial charge in [0.2, 0.25) is 5.13 Å². The van der Waals surface area contributed by atoms with Gasteiger partial charge in [0.25, 0.3) is 11.4 Å². The standard InChI is InChI=1S/C16H11N5O5S/c22-15-6-5-13(21(25)26)7-11(15)8-17-19-16-18-14(9-27-16)10-1-3-12(4-2-10)20(23)24/h1-9,22H,(H,18,19). The lowest BCUT2D eigenvalue weighted by molar-refractivity contribution is -0.385. The van der Waals surface area contributed by atoms with Crippen LogP contribution in [0, 0.1) is 20.2 Å². The number of thiazole rings is 1. The van der Waals surface area contributed by atoms with Crippen molar-refractivity contribution >= 4 is 34.1 Å². The molecule has 0 saturated heterocycles. The Morgan fingerprint density at radius 3 is 2.41 bits per heavy atom. The third kappa shape index (κ3) is 4.22. The number of hydrazone groups is 1. The Morgan fingerprint density at radius 1 is 1.07 bits per heavy atom. The van der Waals surface area contributed by atoms with Crippen molar-refractivity contribution in [3.63, 3.8) is 0 Å². The first kappa shape index (κ1) is 17.9. The Hall–Kier alpha value is -3.86. The SMILES string of the molecule is O=[N+]([O-])c1ccc(-c2csc(NN=Cc3cc([N+](=O)[O-])ccc3O)n2)cc1. The number of phenols is 1. The fourth-order valence-corrected chi connectivity index (χ4v) is 2.80. The summed E-state index contributed by atoms with van der Waals surface area (Å²) in [6.45, 7) is 0. The Kier molecular flexibility index (Phi) is 5.04. The summed E-state index contributed by atoms with van der Waals surface area (Å²) in [4.78, 5) is 24.7. The smallest absolute Gasteiger partial charge is 0.270 e. The van der Waals surface area contributed by atoms with E-state index in [1.54, 1.807) is 17.5 Å². The van der Waals surface area contributed by atoms with Gasteiger partial charge in [-0.15, -0.1) is 11.3 Å². The Bertz CT molecular complexity index is 1030. The highest BCUT2D eigenvalue weighted by Crippen LogP contribution is 2.26. The van der Waals surface area contributed by atoms with Crippen LogP contribution in [0.2, 0.25) is 0 Å². The zero-order chi connectivity index (χ0) is 19.4. The molecule has 0 atom stereocenters. The van der Waals surface area contributed by atoms with Crippen molar-refractivity contribution in [3.8, 4) is 17.0 Å². The number of nitro groups is 2. The third-order valence-corrected chi connectivity index (χ3v) is 4.21.